The minimum atomic E-state index is -0.559. The SMILES string of the molecule is O=C(CN1C(=O)S/C(=C\c2cccc(OC(=O)c3cccc4ccccc34)c2)C1=O)Nc1ccccc1. The molecule has 1 fully saturated rings. The molecular weight excluding hydrogens is 488 g/mol. The fourth-order valence-corrected chi connectivity index (χ4v) is 4.72. The van der Waals surface area contributed by atoms with Gasteiger partial charge in [0.05, 0.1) is 10.5 Å². The molecule has 37 heavy (non-hydrogen) atoms. The molecule has 0 spiro atoms. The van der Waals surface area contributed by atoms with Gasteiger partial charge in [0.1, 0.15) is 12.3 Å². The van der Waals surface area contributed by atoms with Crippen LogP contribution in [0.2, 0.25) is 0 Å². The van der Waals surface area contributed by atoms with Gasteiger partial charge in [-0.3, -0.25) is 19.3 Å². The molecule has 1 saturated heterocycles. The van der Waals surface area contributed by atoms with E-state index in [0.717, 1.165) is 27.4 Å². The maximum absolute atomic E-state index is 12.9. The molecule has 1 heterocycles. The first kappa shape index (κ1) is 24.0. The molecule has 0 saturated carbocycles. The second-order valence-electron chi connectivity index (χ2n) is 8.17. The predicted molar refractivity (Wildman–Crippen MR) is 143 cm³/mol. The summed E-state index contributed by atoms with van der Waals surface area (Å²) in [6, 6.07) is 28.4. The van der Waals surface area contributed by atoms with Crippen molar-refractivity contribution in [3.63, 3.8) is 0 Å². The molecular formula is C29H20N2O5S. The van der Waals surface area contributed by atoms with Crippen molar-refractivity contribution in [3.05, 3.63) is 113 Å². The summed E-state index contributed by atoms with van der Waals surface area (Å²) in [6.07, 6.45) is 1.54. The molecule has 5 rings (SSSR count). The van der Waals surface area contributed by atoms with Crippen LogP contribution in [0, 0.1) is 0 Å². The van der Waals surface area contributed by atoms with Crippen LogP contribution in [-0.4, -0.2) is 34.5 Å². The molecule has 8 heteroatoms. The van der Waals surface area contributed by atoms with Crippen LogP contribution >= 0.6 is 11.8 Å². The van der Waals surface area contributed by atoms with E-state index in [2.05, 4.69) is 5.32 Å². The highest BCUT2D eigenvalue weighted by atomic mass is 32.2. The third kappa shape index (κ3) is 5.44. The van der Waals surface area contributed by atoms with Gasteiger partial charge < -0.3 is 10.1 Å². The average Bonchev–Trinajstić information content (AvgIpc) is 3.16. The highest BCUT2D eigenvalue weighted by molar-refractivity contribution is 8.18. The third-order valence-electron chi connectivity index (χ3n) is 5.61. The van der Waals surface area contributed by atoms with E-state index in [1.165, 1.54) is 6.08 Å². The molecule has 0 aromatic heterocycles. The Hall–Kier alpha value is -4.69. The number of imide groups is 1. The molecule has 0 aliphatic carbocycles. The van der Waals surface area contributed by atoms with Gasteiger partial charge in [-0.05, 0) is 64.5 Å². The number of esters is 1. The Morgan fingerprint density at radius 1 is 0.865 bits per heavy atom. The topological polar surface area (TPSA) is 92.8 Å². The summed E-state index contributed by atoms with van der Waals surface area (Å²) >= 11 is 0.754. The lowest BCUT2D eigenvalue weighted by Gasteiger charge is -2.12. The Morgan fingerprint density at radius 3 is 2.43 bits per heavy atom. The highest BCUT2D eigenvalue weighted by Gasteiger charge is 2.36. The molecule has 4 aromatic rings. The number of carbonyl (C=O) groups is 4. The molecule has 0 radical (unpaired) electrons. The summed E-state index contributed by atoms with van der Waals surface area (Å²) in [5.41, 5.74) is 1.59. The number of thioether (sulfide) groups is 1. The molecule has 1 N–H and O–H groups in total. The van der Waals surface area contributed by atoms with Crippen LogP contribution in [0.15, 0.2) is 102 Å². The average molecular weight is 509 g/mol. The van der Waals surface area contributed by atoms with E-state index in [-0.39, 0.29) is 11.4 Å². The number of anilines is 1. The largest absolute Gasteiger partial charge is 0.423 e. The standard InChI is InChI=1S/C29H20N2O5S/c32-26(30-21-11-2-1-3-12-21)18-31-27(33)25(37-29(31)35)17-19-8-6-13-22(16-19)36-28(34)24-15-7-10-20-9-4-5-14-23(20)24/h1-17H,18H2,(H,30,32)/b25-17-. The highest BCUT2D eigenvalue weighted by Crippen LogP contribution is 2.32. The van der Waals surface area contributed by atoms with Crippen LogP contribution in [0.4, 0.5) is 10.5 Å². The number of hydrogen-bond acceptors (Lipinski definition) is 6. The van der Waals surface area contributed by atoms with Gasteiger partial charge in [0.2, 0.25) is 5.91 Å². The number of nitrogens with one attached hydrogen (secondary N) is 1. The normalized spacial score (nSPS) is 14.3. The molecule has 182 valence electrons. The minimum Gasteiger partial charge on any atom is -0.423 e. The zero-order valence-corrected chi connectivity index (χ0v) is 20.2. The summed E-state index contributed by atoms with van der Waals surface area (Å²) < 4.78 is 5.60. The fraction of sp³-hybridized carbons (Fsp3) is 0.0345. The number of benzene rings is 4. The van der Waals surface area contributed by atoms with Crippen molar-refractivity contribution in [1.29, 1.82) is 0 Å². The number of hydrogen-bond donors (Lipinski definition) is 1. The molecule has 1 aliphatic heterocycles. The lowest BCUT2D eigenvalue weighted by Crippen LogP contribution is -2.36. The smallest absolute Gasteiger partial charge is 0.344 e. The van der Waals surface area contributed by atoms with Gasteiger partial charge in [-0.15, -0.1) is 0 Å². The number of nitrogens with zero attached hydrogens (tertiary/aromatic N) is 1. The molecule has 0 bridgehead atoms. The van der Waals surface area contributed by atoms with Crippen molar-refractivity contribution >= 4 is 57.3 Å². The predicted octanol–water partition coefficient (Wildman–Crippen LogP) is 5.73. The van der Waals surface area contributed by atoms with Gasteiger partial charge in [0.15, 0.2) is 0 Å². The molecule has 1 aliphatic rings. The molecule has 0 atom stereocenters. The Balaban J connectivity index is 1.29. The van der Waals surface area contributed by atoms with Gasteiger partial charge in [-0.25, -0.2) is 4.79 Å². The summed E-state index contributed by atoms with van der Waals surface area (Å²) in [6.45, 7) is -0.389. The van der Waals surface area contributed by atoms with Crippen LogP contribution < -0.4 is 10.1 Å². The Labute approximate surface area is 216 Å². The molecule has 0 unspecified atom stereocenters. The van der Waals surface area contributed by atoms with Crippen LogP contribution in [-0.2, 0) is 9.59 Å². The fourth-order valence-electron chi connectivity index (χ4n) is 3.89. The van der Waals surface area contributed by atoms with Gasteiger partial charge in [0, 0.05) is 5.69 Å². The zero-order chi connectivity index (χ0) is 25.8. The lowest BCUT2D eigenvalue weighted by atomic mass is 10.0. The summed E-state index contributed by atoms with van der Waals surface area (Å²) in [5, 5.41) is 3.85. The third-order valence-corrected chi connectivity index (χ3v) is 6.52. The van der Waals surface area contributed by atoms with Crippen molar-refractivity contribution in [3.8, 4) is 5.75 Å². The Morgan fingerprint density at radius 2 is 1.59 bits per heavy atom. The van der Waals surface area contributed by atoms with E-state index < -0.39 is 23.0 Å². The zero-order valence-electron chi connectivity index (χ0n) is 19.4. The van der Waals surface area contributed by atoms with E-state index in [1.54, 1.807) is 60.7 Å². The minimum absolute atomic E-state index is 0.176. The molecule has 7 nitrogen and oxygen atoms in total. The number of ether oxygens (including phenoxy) is 1. The first-order chi connectivity index (χ1) is 18.0. The second-order valence-corrected chi connectivity index (χ2v) is 9.16. The van der Waals surface area contributed by atoms with E-state index >= 15 is 0 Å². The van der Waals surface area contributed by atoms with E-state index in [9.17, 15) is 19.2 Å². The summed E-state index contributed by atoms with van der Waals surface area (Å²) in [7, 11) is 0. The Bertz CT molecular complexity index is 1560. The van der Waals surface area contributed by atoms with Crippen molar-refractivity contribution in [2.45, 2.75) is 0 Å². The van der Waals surface area contributed by atoms with E-state index in [1.807, 2.05) is 36.4 Å². The Kier molecular flexibility index (Phi) is 6.83. The van der Waals surface area contributed by atoms with Crippen LogP contribution in [0.25, 0.3) is 16.8 Å². The summed E-state index contributed by atoms with van der Waals surface area (Å²) in [5.74, 6) is -1.24. The molecule has 4 aromatic carbocycles. The maximum atomic E-state index is 12.9. The van der Waals surface area contributed by atoms with Gasteiger partial charge >= 0.3 is 5.97 Å². The monoisotopic (exact) mass is 508 g/mol. The van der Waals surface area contributed by atoms with Crippen LogP contribution in [0.3, 0.4) is 0 Å². The second kappa shape index (κ2) is 10.5. The first-order valence-corrected chi connectivity index (χ1v) is 12.2. The van der Waals surface area contributed by atoms with Gasteiger partial charge in [-0.1, -0.05) is 66.7 Å². The maximum Gasteiger partial charge on any atom is 0.344 e. The molecule has 3 amide bonds. The number of rotatable bonds is 6. The quantitative estimate of drug-likeness (QED) is 0.203. The van der Waals surface area contributed by atoms with E-state index in [4.69, 9.17) is 4.74 Å². The van der Waals surface area contributed by atoms with Crippen LogP contribution in [0.1, 0.15) is 15.9 Å². The summed E-state index contributed by atoms with van der Waals surface area (Å²) in [4.78, 5) is 51.5. The lowest BCUT2D eigenvalue weighted by molar-refractivity contribution is -0.127. The number of fused-ring (bicyclic) bond motifs is 1. The van der Waals surface area contributed by atoms with Gasteiger partial charge in [-0.2, -0.15) is 0 Å². The number of carbonyl (C=O) groups excluding carboxylic acids is 4. The first-order valence-electron chi connectivity index (χ1n) is 11.4. The van der Waals surface area contributed by atoms with Crippen molar-refractivity contribution in [2.75, 3.05) is 11.9 Å². The van der Waals surface area contributed by atoms with E-state index in [0.29, 0.717) is 22.6 Å². The van der Waals surface area contributed by atoms with Crippen LogP contribution in [0.5, 0.6) is 5.75 Å². The van der Waals surface area contributed by atoms with Crippen molar-refractivity contribution in [2.24, 2.45) is 0 Å². The van der Waals surface area contributed by atoms with Gasteiger partial charge in [0.25, 0.3) is 11.1 Å². The van der Waals surface area contributed by atoms with Crippen molar-refractivity contribution < 1.29 is 23.9 Å². The number of para-hydroxylation sites is 1. The van der Waals surface area contributed by atoms with Crippen molar-refractivity contribution in [1.82, 2.24) is 4.90 Å². The number of amides is 3.